The number of nitriles is 1. The van der Waals surface area contributed by atoms with Gasteiger partial charge in [-0.2, -0.15) is 15.2 Å². The van der Waals surface area contributed by atoms with E-state index in [1.54, 1.807) is 4.90 Å². The van der Waals surface area contributed by atoms with E-state index in [0.717, 1.165) is 55.8 Å². The highest BCUT2D eigenvalue weighted by molar-refractivity contribution is 5.87. The van der Waals surface area contributed by atoms with Crippen LogP contribution >= 0.6 is 0 Å². The molecular formula is C32H41N7O2. The number of carbonyl (C=O) groups excluding carboxylic acids is 1. The van der Waals surface area contributed by atoms with Crippen molar-refractivity contribution < 1.29 is 9.53 Å². The first kappa shape index (κ1) is 27.5. The van der Waals surface area contributed by atoms with E-state index < -0.39 is 0 Å². The predicted molar refractivity (Wildman–Crippen MR) is 159 cm³/mol. The van der Waals surface area contributed by atoms with E-state index in [9.17, 15) is 10.1 Å². The molecule has 1 aromatic heterocycles. The second-order valence-electron chi connectivity index (χ2n) is 12.1. The molecule has 2 aromatic rings. The van der Waals surface area contributed by atoms with Gasteiger partial charge in [-0.1, -0.05) is 18.7 Å². The van der Waals surface area contributed by atoms with E-state index in [1.807, 2.05) is 0 Å². The van der Waals surface area contributed by atoms with Crippen LogP contribution in [0, 0.1) is 25.2 Å². The Kier molecular flexibility index (Phi) is 7.37. The molecule has 2 saturated heterocycles. The van der Waals surface area contributed by atoms with Crippen molar-refractivity contribution in [1.29, 1.82) is 5.26 Å². The molecule has 0 N–H and O–H groups in total. The van der Waals surface area contributed by atoms with Gasteiger partial charge in [-0.25, -0.2) is 0 Å². The van der Waals surface area contributed by atoms with Crippen LogP contribution in [0.4, 0.5) is 11.5 Å². The lowest BCUT2D eigenvalue weighted by molar-refractivity contribution is -0.128. The van der Waals surface area contributed by atoms with Crippen molar-refractivity contribution in [3.8, 4) is 12.1 Å². The molecule has 3 aliphatic heterocycles. The Morgan fingerprint density at radius 3 is 2.73 bits per heavy atom. The second-order valence-corrected chi connectivity index (χ2v) is 12.1. The van der Waals surface area contributed by atoms with Crippen LogP contribution in [-0.4, -0.2) is 83.1 Å². The number of piperazine rings is 1. The molecule has 0 spiro atoms. The van der Waals surface area contributed by atoms with Crippen molar-refractivity contribution in [1.82, 2.24) is 19.8 Å². The molecule has 1 saturated carbocycles. The van der Waals surface area contributed by atoms with E-state index in [1.165, 1.54) is 29.3 Å². The number of aromatic nitrogens is 2. The molecule has 1 aliphatic carbocycles. The molecule has 4 heterocycles. The van der Waals surface area contributed by atoms with Gasteiger partial charge in [0.25, 0.3) is 0 Å². The number of amides is 1. The van der Waals surface area contributed by atoms with Gasteiger partial charge in [0.1, 0.15) is 11.4 Å². The second kappa shape index (κ2) is 11.0. The summed E-state index contributed by atoms with van der Waals surface area (Å²) < 4.78 is 6.76. The Bertz CT molecular complexity index is 1380. The summed E-state index contributed by atoms with van der Waals surface area (Å²) in [6.07, 6.45) is 6.83. The maximum Gasteiger partial charge on any atom is 0.319 e. The van der Waals surface area contributed by atoms with Crippen LogP contribution < -0.4 is 14.5 Å². The monoisotopic (exact) mass is 555 g/mol. The summed E-state index contributed by atoms with van der Waals surface area (Å²) in [4.78, 5) is 31.6. The van der Waals surface area contributed by atoms with Crippen LogP contribution in [0.5, 0.6) is 6.01 Å². The van der Waals surface area contributed by atoms with Gasteiger partial charge < -0.3 is 19.4 Å². The lowest BCUT2D eigenvalue weighted by Gasteiger charge is -2.42. The molecule has 2 atom stereocenters. The number of hydrogen-bond acceptors (Lipinski definition) is 8. The van der Waals surface area contributed by atoms with Gasteiger partial charge in [0.05, 0.1) is 30.8 Å². The van der Waals surface area contributed by atoms with Gasteiger partial charge in [-0.3, -0.25) is 9.69 Å². The molecule has 216 valence electrons. The number of fused-ring (bicyclic) bond motifs is 1. The minimum Gasteiger partial charge on any atom is -0.455 e. The topological polar surface area (TPSA) is 88.8 Å². The fourth-order valence-corrected chi connectivity index (χ4v) is 7.10. The Labute approximate surface area is 243 Å². The highest BCUT2D eigenvalue weighted by atomic mass is 16.5. The van der Waals surface area contributed by atoms with Gasteiger partial charge >= 0.3 is 6.01 Å². The Morgan fingerprint density at radius 1 is 1.20 bits per heavy atom. The van der Waals surface area contributed by atoms with E-state index in [-0.39, 0.29) is 24.0 Å². The summed E-state index contributed by atoms with van der Waals surface area (Å²) in [7, 11) is 2.20. The molecule has 0 radical (unpaired) electrons. The summed E-state index contributed by atoms with van der Waals surface area (Å²) >= 11 is 0. The molecule has 9 nitrogen and oxygen atoms in total. The zero-order valence-electron chi connectivity index (χ0n) is 24.6. The number of nitrogens with zero attached hydrogens (tertiary/aromatic N) is 7. The summed E-state index contributed by atoms with van der Waals surface area (Å²) in [5, 5.41) is 9.54. The van der Waals surface area contributed by atoms with Crippen LogP contribution in [0.2, 0.25) is 0 Å². The number of benzene rings is 1. The number of aryl methyl sites for hydroxylation is 1. The van der Waals surface area contributed by atoms with Crippen LogP contribution in [0.25, 0.3) is 0 Å². The average molecular weight is 556 g/mol. The first-order chi connectivity index (χ1) is 19.8. The molecule has 1 aromatic carbocycles. The van der Waals surface area contributed by atoms with Crippen molar-refractivity contribution in [3.63, 3.8) is 0 Å². The maximum atomic E-state index is 12.5. The standard InChI is InChI=1S/C32H41N7O2/c1-5-29(40)39-19-18-38(20-24(39)11-15-33)30-25-12-17-37(27-9-6-8-22(2)23(27)3)21-26(25)34-31(35-30)41-32(13-14-32)28-10-7-16-36(28)4/h5-6,8-9,24,28H,1,7,10-14,16-21H2,2-4H3. The lowest BCUT2D eigenvalue weighted by atomic mass is 10.0. The number of rotatable bonds is 7. The number of ether oxygens (including phenoxy) is 1. The fraction of sp³-hybridized carbons (Fsp3) is 0.562. The molecule has 41 heavy (non-hydrogen) atoms. The highest BCUT2D eigenvalue weighted by Gasteiger charge is 2.55. The number of anilines is 2. The van der Waals surface area contributed by atoms with Crippen LogP contribution in [0.1, 0.15) is 54.5 Å². The van der Waals surface area contributed by atoms with Gasteiger partial charge in [0.2, 0.25) is 5.91 Å². The van der Waals surface area contributed by atoms with E-state index in [0.29, 0.717) is 38.2 Å². The summed E-state index contributed by atoms with van der Waals surface area (Å²) in [6.45, 7) is 12.4. The first-order valence-corrected chi connectivity index (χ1v) is 15.0. The van der Waals surface area contributed by atoms with E-state index in [4.69, 9.17) is 14.7 Å². The summed E-state index contributed by atoms with van der Waals surface area (Å²) in [5.41, 5.74) is 5.78. The largest absolute Gasteiger partial charge is 0.455 e. The maximum absolute atomic E-state index is 12.5. The molecule has 0 bridgehead atoms. The van der Waals surface area contributed by atoms with Crippen molar-refractivity contribution in [2.45, 2.75) is 76.6 Å². The van der Waals surface area contributed by atoms with Crippen molar-refractivity contribution in [2.24, 2.45) is 0 Å². The third kappa shape index (κ3) is 5.14. The van der Waals surface area contributed by atoms with Crippen LogP contribution in [-0.2, 0) is 17.8 Å². The predicted octanol–water partition coefficient (Wildman–Crippen LogP) is 3.78. The van der Waals surface area contributed by atoms with Crippen molar-refractivity contribution >= 4 is 17.4 Å². The molecule has 4 aliphatic rings. The van der Waals surface area contributed by atoms with Crippen LogP contribution in [0.15, 0.2) is 30.9 Å². The minimum atomic E-state index is -0.217. The number of carbonyl (C=O) groups is 1. The molecule has 9 heteroatoms. The minimum absolute atomic E-state index is 0.126. The van der Waals surface area contributed by atoms with Gasteiger partial charge in [0, 0.05) is 43.5 Å². The quantitative estimate of drug-likeness (QED) is 0.477. The van der Waals surface area contributed by atoms with Gasteiger partial charge in [-0.05, 0) is 82.8 Å². The lowest BCUT2D eigenvalue weighted by Crippen LogP contribution is -2.55. The summed E-state index contributed by atoms with van der Waals surface area (Å²) in [5.74, 6) is 0.772. The Balaban J connectivity index is 1.35. The Hall–Kier alpha value is -3.64. The first-order valence-electron chi connectivity index (χ1n) is 15.0. The molecule has 6 rings (SSSR count). The van der Waals surface area contributed by atoms with E-state index in [2.05, 4.69) is 66.4 Å². The molecule has 1 amide bonds. The van der Waals surface area contributed by atoms with Crippen LogP contribution in [0.3, 0.4) is 0 Å². The van der Waals surface area contributed by atoms with Gasteiger partial charge in [-0.15, -0.1) is 0 Å². The smallest absolute Gasteiger partial charge is 0.319 e. The fourth-order valence-electron chi connectivity index (χ4n) is 7.10. The molecule has 2 unspecified atom stereocenters. The molecule has 3 fully saturated rings. The third-order valence-electron chi connectivity index (χ3n) is 9.67. The number of likely N-dealkylation sites (N-methyl/N-ethyl adjacent to an activating group) is 1. The van der Waals surface area contributed by atoms with Crippen molar-refractivity contribution in [2.75, 3.05) is 49.6 Å². The summed E-state index contributed by atoms with van der Waals surface area (Å²) in [6, 6.07) is 9.40. The third-order valence-corrected chi connectivity index (χ3v) is 9.67. The zero-order chi connectivity index (χ0) is 28.7. The van der Waals surface area contributed by atoms with Gasteiger partial charge in [0.15, 0.2) is 0 Å². The van der Waals surface area contributed by atoms with Crippen molar-refractivity contribution in [3.05, 3.63) is 53.2 Å². The normalized spacial score (nSPS) is 23.6. The number of hydrogen-bond donors (Lipinski definition) is 0. The Morgan fingerprint density at radius 2 is 2.02 bits per heavy atom. The number of likely N-dealkylation sites (tertiary alicyclic amines) is 1. The van der Waals surface area contributed by atoms with E-state index >= 15 is 0 Å². The zero-order valence-corrected chi connectivity index (χ0v) is 24.6. The molecular weight excluding hydrogens is 514 g/mol. The highest BCUT2D eigenvalue weighted by Crippen LogP contribution is 2.48. The average Bonchev–Trinajstić information content (AvgIpc) is 3.61. The SMILES string of the molecule is C=CC(=O)N1CCN(c2nc(OC3(C4CCCN4C)CC3)nc3c2CCN(c2cccc(C)c2C)C3)CC1CC#N.